The van der Waals surface area contributed by atoms with Gasteiger partial charge in [0, 0.05) is 18.8 Å². The number of amides is 1. The molecule has 6 nitrogen and oxygen atoms in total. The Morgan fingerprint density at radius 3 is 2.37 bits per heavy atom. The minimum Gasteiger partial charge on any atom is -0.465 e. The van der Waals surface area contributed by atoms with Crippen LogP contribution in [0.25, 0.3) is 0 Å². The van der Waals surface area contributed by atoms with Gasteiger partial charge in [-0.2, -0.15) is 13.2 Å². The average molecular weight is 422 g/mol. The van der Waals surface area contributed by atoms with Crippen LogP contribution in [0.3, 0.4) is 0 Å². The fraction of sp³-hybridized carbons (Fsp3) is 0.333. The molecule has 1 aliphatic heterocycles. The van der Waals surface area contributed by atoms with E-state index in [4.69, 9.17) is 9.47 Å². The molecule has 1 aliphatic rings. The summed E-state index contributed by atoms with van der Waals surface area (Å²) in [6, 6.07) is 9.41. The van der Waals surface area contributed by atoms with Crippen LogP contribution in [0.5, 0.6) is 0 Å². The summed E-state index contributed by atoms with van der Waals surface area (Å²) in [4.78, 5) is 26.7. The molecule has 30 heavy (non-hydrogen) atoms. The van der Waals surface area contributed by atoms with Crippen LogP contribution in [0.15, 0.2) is 42.5 Å². The Morgan fingerprint density at radius 1 is 1.10 bits per heavy atom. The third kappa shape index (κ3) is 5.29. The molecule has 2 aromatic carbocycles. The van der Waals surface area contributed by atoms with Crippen LogP contribution in [0.4, 0.5) is 24.5 Å². The summed E-state index contributed by atoms with van der Waals surface area (Å²) in [5.74, 6) is -1.06. The van der Waals surface area contributed by atoms with Gasteiger partial charge in [0.05, 0.1) is 43.6 Å². The molecule has 1 fully saturated rings. The van der Waals surface area contributed by atoms with Crippen molar-refractivity contribution in [3.05, 3.63) is 59.2 Å². The van der Waals surface area contributed by atoms with Crippen LogP contribution in [0.1, 0.15) is 21.5 Å². The third-order valence-corrected chi connectivity index (χ3v) is 4.70. The number of morpholine rings is 1. The minimum atomic E-state index is -4.43. The summed E-state index contributed by atoms with van der Waals surface area (Å²) in [5.41, 5.74) is 0.917. The van der Waals surface area contributed by atoms with Gasteiger partial charge in [0.15, 0.2) is 0 Å². The first-order valence-corrected chi connectivity index (χ1v) is 9.29. The molecular weight excluding hydrogens is 401 g/mol. The number of esters is 1. The number of alkyl halides is 3. The Labute approximate surface area is 171 Å². The topological polar surface area (TPSA) is 67.9 Å². The molecule has 0 spiro atoms. The molecule has 2 aromatic rings. The molecule has 0 unspecified atom stereocenters. The van der Waals surface area contributed by atoms with Gasteiger partial charge in [0.1, 0.15) is 0 Å². The number of nitrogens with one attached hydrogen (secondary N) is 1. The molecule has 0 atom stereocenters. The van der Waals surface area contributed by atoms with Crippen molar-refractivity contribution < 1.29 is 32.2 Å². The Bertz CT molecular complexity index is 907. The zero-order valence-corrected chi connectivity index (χ0v) is 16.3. The second kappa shape index (κ2) is 9.17. The van der Waals surface area contributed by atoms with Gasteiger partial charge < -0.3 is 19.7 Å². The lowest BCUT2D eigenvalue weighted by Crippen LogP contribution is -2.36. The molecule has 160 valence electrons. The lowest BCUT2D eigenvalue weighted by Gasteiger charge is -2.29. The molecule has 1 heterocycles. The molecule has 0 aliphatic carbocycles. The standard InChI is InChI=1S/C21H21F3N2O4/c1-29-20(28)17-13-16(26-8-10-30-11-9-26)6-7-18(17)25-19(27)12-14-2-4-15(5-3-14)21(22,23)24/h2-7,13H,8-12H2,1H3,(H,25,27). The van der Waals surface area contributed by atoms with Crippen molar-refractivity contribution in [3.63, 3.8) is 0 Å². The van der Waals surface area contributed by atoms with E-state index < -0.39 is 23.6 Å². The molecule has 0 saturated carbocycles. The quantitative estimate of drug-likeness (QED) is 0.747. The number of methoxy groups -OCH3 is 1. The summed E-state index contributed by atoms with van der Waals surface area (Å²) >= 11 is 0. The van der Waals surface area contributed by atoms with Crippen LogP contribution in [-0.2, 0) is 26.9 Å². The van der Waals surface area contributed by atoms with Crippen molar-refractivity contribution in [1.82, 2.24) is 0 Å². The van der Waals surface area contributed by atoms with Crippen molar-refractivity contribution in [2.75, 3.05) is 43.6 Å². The first kappa shape index (κ1) is 21.6. The fourth-order valence-electron chi connectivity index (χ4n) is 3.13. The van der Waals surface area contributed by atoms with Crippen LogP contribution in [0, 0.1) is 0 Å². The van der Waals surface area contributed by atoms with E-state index in [2.05, 4.69) is 10.2 Å². The number of carbonyl (C=O) groups is 2. The van der Waals surface area contributed by atoms with Crippen LogP contribution in [0.2, 0.25) is 0 Å². The first-order valence-electron chi connectivity index (χ1n) is 9.29. The highest BCUT2D eigenvalue weighted by atomic mass is 19.4. The van der Waals surface area contributed by atoms with Gasteiger partial charge in [-0.05, 0) is 35.9 Å². The summed E-state index contributed by atoms with van der Waals surface area (Å²) in [7, 11) is 1.25. The van der Waals surface area contributed by atoms with Crippen molar-refractivity contribution in [2.24, 2.45) is 0 Å². The molecule has 0 aromatic heterocycles. The monoisotopic (exact) mass is 422 g/mol. The van der Waals surface area contributed by atoms with Gasteiger partial charge in [-0.1, -0.05) is 12.1 Å². The predicted molar refractivity (Wildman–Crippen MR) is 105 cm³/mol. The Balaban J connectivity index is 1.74. The molecule has 1 amide bonds. The number of hydrogen-bond donors (Lipinski definition) is 1. The Hall–Kier alpha value is -3.07. The number of benzene rings is 2. The van der Waals surface area contributed by atoms with E-state index in [0.29, 0.717) is 31.9 Å². The average Bonchev–Trinajstić information content (AvgIpc) is 2.73. The van der Waals surface area contributed by atoms with E-state index in [1.54, 1.807) is 18.2 Å². The van der Waals surface area contributed by atoms with Crippen molar-refractivity contribution >= 4 is 23.3 Å². The normalized spacial score (nSPS) is 14.3. The van der Waals surface area contributed by atoms with Gasteiger partial charge >= 0.3 is 12.1 Å². The van der Waals surface area contributed by atoms with Gasteiger partial charge in [-0.3, -0.25) is 4.79 Å². The molecule has 0 bridgehead atoms. The number of nitrogens with zero attached hydrogens (tertiary/aromatic N) is 1. The van der Waals surface area contributed by atoms with Crippen LogP contribution in [-0.4, -0.2) is 45.3 Å². The summed E-state index contributed by atoms with van der Waals surface area (Å²) < 4.78 is 48.1. The largest absolute Gasteiger partial charge is 0.465 e. The smallest absolute Gasteiger partial charge is 0.416 e. The van der Waals surface area contributed by atoms with Crippen molar-refractivity contribution in [3.8, 4) is 0 Å². The number of anilines is 2. The predicted octanol–water partition coefficient (Wildman–Crippen LogP) is 3.51. The maximum atomic E-state index is 12.7. The van der Waals surface area contributed by atoms with Crippen molar-refractivity contribution in [2.45, 2.75) is 12.6 Å². The Kier molecular flexibility index (Phi) is 6.61. The molecular formula is C21H21F3N2O4. The van der Waals surface area contributed by atoms with Gasteiger partial charge in [0.2, 0.25) is 5.91 Å². The van der Waals surface area contributed by atoms with E-state index in [9.17, 15) is 22.8 Å². The van der Waals surface area contributed by atoms with Gasteiger partial charge in [0.25, 0.3) is 0 Å². The Morgan fingerprint density at radius 2 is 1.77 bits per heavy atom. The molecule has 1 N–H and O–H groups in total. The summed E-state index contributed by atoms with van der Waals surface area (Å²) in [6.45, 7) is 2.53. The zero-order chi connectivity index (χ0) is 21.7. The SMILES string of the molecule is COC(=O)c1cc(N2CCOCC2)ccc1NC(=O)Cc1ccc(C(F)(F)F)cc1. The van der Waals surface area contributed by atoms with E-state index in [1.165, 1.54) is 19.2 Å². The number of halogens is 3. The fourth-order valence-corrected chi connectivity index (χ4v) is 3.13. The molecule has 9 heteroatoms. The number of rotatable bonds is 5. The zero-order valence-electron chi connectivity index (χ0n) is 16.3. The van der Waals surface area contributed by atoms with E-state index in [1.807, 2.05) is 0 Å². The van der Waals surface area contributed by atoms with E-state index in [0.717, 1.165) is 17.8 Å². The second-order valence-corrected chi connectivity index (χ2v) is 6.74. The highest BCUT2D eigenvalue weighted by molar-refractivity contribution is 6.02. The highest BCUT2D eigenvalue weighted by Gasteiger charge is 2.30. The van der Waals surface area contributed by atoms with Crippen LogP contribution < -0.4 is 10.2 Å². The molecule has 1 saturated heterocycles. The summed E-state index contributed by atoms with van der Waals surface area (Å²) in [5, 5.41) is 2.64. The lowest BCUT2D eigenvalue weighted by atomic mass is 10.1. The third-order valence-electron chi connectivity index (χ3n) is 4.70. The first-order chi connectivity index (χ1) is 14.3. The highest BCUT2D eigenvalue weighted by Crippen LogP contribution is 2.29. The van der Waals surface area contributed by atoms with Gasteiger partial charge in [-0.25, -0.2) is 4.79 Å². The lowest BCUT2D eigenvalue weighted by molar-refractivity contribution is -0.137. The summed E-state index contributed by atoms with van der Waals surface area (Å²) in [6.07, 6.45) is -4.57. The number of ether oxygens (including phenoxy) is 2. The second-order valence-electron chi connectivity index (χ2n) is 6.74. The van der Waals surface area contributed by atoms with E-state index in [-0.39, 0.29) is 17.7 Å². The van der Waals surface area contributed by atoms with Gasteiger partial charge in [-0.15, -0.1) is 0 Å². The number of hydrogen-bond acceptors (Lipinski definition) is 5. The maximum Gasteiger partial charge on any atom is 0.416 e. The minimum absolute atomic E-state index is 0.135. The maximum absolute atomic E-state index is 12.7. The van der Waals surface area contributed by atoms with Crippen LogP contribution >= 0.6 is 0 Å². The number of carbonyl (C=O) groups excluding carboxylic acids is 2. The molecule has 3 rings (SSSR count). The molecule has 0 radical (unpaired) electrons. The van der Waals surface area contributed by atoms with E-state index >= 15 is 0 Å². The van der Waals surface area contributed by atoms with Crippen molar-refractivity contribution in [1.29, 1.82) is 0 Å².